The molecule has 0 aliphatic heterocycles. The number of allylic oxidation sites excluding steroid dienone is 1. The van der Waals surface area contributed by atoms with Crippen LogP contribution in [0.1, 0.15) is 78.9 Å². The first kappa shape index (κ1) is 24.0. The topological polar surface area (TPSA) is 76.1 Å². The zero-order valence-electron chi connectivity index (χ0n) is 19.7. The molecular formula is C28H30N2O3. The second kappa shape index (κ2) is 10.3. The van der Waals surface area contributed by atoms with E-state index in [-0.39, 0.29) is 18.2 Å². The second-order valence-electron chi connectivity index (χ2n) is 9.05. The van der Waals surface area contributed by atoms with E-state index in [1.54, 1.807) is 6.92 Å². The quantitative estimate of drug-likeness (QED) is 0.365. The third-order valence-corrected chi connectivity index (χ3v) is 5.59. The summed E-state index contributed by atoms with van der Waals surface area (Å²) < 4.78 is 10.8. The van der Waals surface area contributed by atoms with Crippen molar-refractivity contribution in [1.29, 1.82) is 5.26 Å². The van der Waals surface area contributed by atoms with Gasteiger partial charge in [0.15, 0.2) is 5.69 Å². The predicted octanol–water partition coefficient (Wildman–Crippen LogP) is 6.64. The number of nitriles is 1. The van der Waals surface area contributed by atoms with Crippen molar-refractivity contribution >= 4 is 11.5 Å². The molecule has 0 saturated heterocycles. The van der Waals surface area contributed by atoms with Gasteiger partial charge in [0.05, 0.1) is 24.2 Å². The van der Waals surface area contributed by atoms with Crippen molar-refractivity contribution < 1.29 is 14.1 Å². The molecule has 3 rings (SSSR count). The number of nitrogens with zero attached hydrogens (tertiary/aromatic N) is 2. The Morgan fingerprint density at radius 2 is 1.67 bits per heavy atom. The van der Waals surface area contributed by atoms with Gasteiger partial charge in [0.25, 0.3) is 0 Å². The van der Waals surface area contributed by atoms with E-state index in [1.807, 2.05) is 81.4 Å². The van der Waals surface area contributed by atoms with Gasteiger partial charge in [0, 0.05) is 11.3 Å². The van der Waals surface area contributed by atoms with E-state index in [1.165, 1.54) is 0 Å². The summed E-state index contributed by atoms with van der Waals surface area (Å²) in [5.74, 6) is -0.530. The summed E-state index contributed by atoms with van der Waals surface area (Å²) in [6.45, 7) is 12.3. The van der Waals surface area contributed by atoms with Crippen LogP contribution in [0.4, 0.5) is 0 Å². The lowest BCUT2D eigenvalue weighted by Crippen LogP contribution is -2.16. The number of hydrogen-bond donors (Lipinski definition) is 0. The Labute approximate surface area is 195 Å². The van der Waals surface area contributed by atoms with E-state index < -0.39 is 17.3 Å². The zero-order chi connectivity index (χ0) is 24.0. The van der Waals surface area contributed by atoms with Crippen LogP contribution in [0, 0.1) is 11.3 Å². The maximum absolute atomic E-state index is 12.6. The normalized spacial score (nSPS) is 13.1. The standard InChI is InChI=1S/C28H30N2O3/c1-6-32-27(31)25-24(26(33-30-25)28(3,4)5)19(2)17-22(20-13-9-7-10-14-20)23(18-29)21-15-11-8-12-16-21/h7-16,22-23H,2,6,17H2,1,3-5H3. The molecule has 1 heterocycles. The molecule has 1 aromatic heterocycles. The molecule has 0 aliphatic rings. The molecule has 0 amide bonds. The van der Waals surface area contributed by atoms with Crippen molar-refractivity contribution in [2.24, 2.45) is 0 Å². The Balaban J connectivity index is 2.08. The van der Waals surface area contributed by atoms with Gasteiger partial charge >= 0.3 is 5.97 Å². The highest BCUT2D eigenvalue weighted by atomic mass is 16.5. The smallest absolute Gasteiger partial charge is 0.361 e. The molecule has 0 spiro atoms. The minimum absolute atomic E-state index is 0.131. The molecular weight excluding hydrogens is 412 g/mol. The van der Waals surface area contributed by atoms with Crippen LogP contribution < -0.4 is 0 Å². The van der Waals surface area contributed by atoms with Gasteiger partial charge in [0.2, 0.25) is 0 Å². The van der Waals surface area contributed by atoms with Gasteiger partial charge in [-0.2, -0.15) is 5.26 Å². The van der Waals surface area contributed by atoms with Gasteiger partial charge in [-0.15, -0.1) is 0 Å². The first-order chi connectivity index (χ1) is 15.8. The molecule has 5 heteroatoms. The Bertz CT molecular complexity index is 1140. The molecule has 0 N–H and O–H groups in total. The highest BCUT2D eigenvalue weighted by Gasteiger charge is 2.34. The number of hydrogen-bond acceptors (Lipinski definition) is 5. The van der Waals surface area contributed by atoms with Gasteiger partial charge in [-0.05, 0) is 30.0 Å². The lowest BCUT2D eigenvalue weighted by atomic mass is 9.76. The fourth-order valence-corrected chi connectivity index (χ4v) is 4.02. The first-order valence-corrected chi connectivity index (χ1v) is 11.1. The number of esters is 1. The summed E-state index contributed by atoms with van der Waals surface area (Å²) in [6.07, 6.45) is 0.452. The number of benzene rings is 2. The van der Waals surface area contributed by atoms with Crippen molar-refractivity contribution in [1.82, 2.24) is 5.16 Å². The van der Waals surface area contributed by atoms with Gasteiger partial charge in [-0.3, -0.25) is 0 Å². The molecule has 0 bridgehead atoms. The average Bonchev–Trinajstić information content (AvgIpc) is 3.27. The molecule has 3 aromatic rings. The number of carbonyl (C=O) groups excluding carboxylic acids is 1. The Hall–Kier alpha value is -3.65. The summed E-state index contributed by atoms with van der Waals surface area (Å²) in [7, 11) is 0. The van der Waals surface area contributed by atoms with E-state index in [9.17, 15) is 10.1 Å². The molecule has 2 unspecified atom stereocenters. The lowest BCUT2D eigenvalue weighted by Gasteiger charge is -2.25. The van der Waals surface area contributed by atoms with Gasteiger partial charge in [-0.25, -0.2) is 4.79 Å². The van der Waals surface area contributed by atoms with Crippen molar-refractivity contribution in [3.8, 4) is 6.07 Å². The van der Waals surface area contributed by atoms with Gasteiger partial charge in [-0.1, -0.05) is 93.2 Å². The molecule has 0 radical (unpaired) electrons. The average molecular weight is 443 g/mol. The summed E-state index contributed by atoms with van der Waals surface area (Å²) in [5, 5.41) is 14.2. The molecule has 0 saturated carbocycles. The van der Waals surface area contributed by atoms with Crippen LogP contribution in [0.5, 0.6) is 0 Å². The van der Waals surface area contributed by atoms with Crippen LogP contribution in [-0.2, 0) is 10.2 Å². The zero-order valence-corrected chi connectivity index (χ0v) is 19.7. The number of aromatic nitrogens is 1. The summed E-state index contributed by atoms with van der Waals surface area (Å²) in [4.78, 5) is 12.6. The third kappa shape index (κ3) is 5.40. The van der Waals surface area contributed by atoms with E-state index in [4.69, 9.17) is 9.26 Å². The van der Waals surface area contributed by atoms with Gasteiger partial charge < -0.3 is 9.26 Å². The summed E-state index contributed by atoms with van der Waals surface area (Å²) in [6, 6.07) is 22.2. The SMILES string of the molecule is C=C(CC(c1ccccc1)C(C#N)c1ccccc1)c1c(C(=O)OCC)noc1C(C)(C)C. The van der Waals surface area contributed by atoms with E-state index in [0.29, 0.717) is 23.3 Å². The number of carbonyl (C=O) groups is 1. The highest BCUT2D eigenvalue weighted by molar-refractivity contribution is 5.94. The maximum Gasteiger partial charge on any atom is 0.361 e. The van der Waals surface area contributed by atoms with E-state index in [2.05, 4.69) is 17.8 Å². The van der Waals surface area contributed by atoms with Crippen molar-refractivity contribution in [3.63, 3.8) is 0 Å². The molecule has 2 aromatic carbocycles. The maximum atomic E-state index is 12.6. The predicted molar refractivity (Wildman–Crippen MR) is 129 cm³/mol. The molecule has 5 nitrogen and oxygen atoms in total. The first-order valence-electron chi connectivity index (χ1n) is 11.1. The number of rotatable bonds is 8. The Morgan fingerprint density at radius 3 is 2.18 bits per heavy atom. The molecule has 0 fully saturated rings. The lowest BCUT2D eigenvalue weighted by molar-refractivity contribution is 0.0514. The van der Waals surface area contributed by atoms with Crippen molar-refractivity contribution in [2.75, 3.05) is 6.61 Å². The fraction of sp³-hybridized carbons (Fsp3) is 0.321. The Kier molecular flexibility index (Phi) is 7.50. The monoisotopic (exact) mass is 442 g/mol. The molecule has 170 valence electrons. The van der Waals surface area contributed by atoms with Crippen molar-refractivity contribution in [3.05, 3.63) is 95.4 Å². The molecule has 2 atom stereocenters. The van der Waals surface area contributed by atoms with Crippen LogP contribution in [-0.4, -0.2) is 17.7 Å². The largest absolute Gasteiger partial charge is 0.461 e. The van der Waals surface area contributed by atoms with Crippen LogP contribution in [0.3, 0.4) is 0 Å². The minimum atomic E-state index is -0.538. The van der Waals surface area contributed by atoms with E-state index in [0.717, 1.165) is 11.1 Å². The third-order valence-electron chi connectivity index (χ3n) is 5.59. The van der Waals surface area contributed by atoms with Crippen LogP contribution >= 0.6 is 0 Å². The minimum Gasteiger partial charge on any atom is -0.461 e. The summed E-state index contributed by atoms with van der Waals surface area (Å²) >= 11 is 0. The van der Waals surface area contributed by atoms with Crippen molar-refractivity contribution in [2.45, 2.75) is 51.4 Å². The molecule has 33 heavy (non-hydrogen) atoms. The molecule has 0 aliphatic carbocycles. The number of ether oxygens (including phenoxy) is 1. The van der Waals surface area contributed by atoms with E-state index >= 15 is 0 Å². The van der Waals surface area contributed by atoms with Crippen LogP contribution in [0.2, 0.25) is 0 Å². The Morgan fingerprint density at radius 1 is 1.09 bits per heavy atom. The van der Waals surface area contributed by atoms with Crippen LogP contribution in [0.25, 0.3) is 5.57 Å². The summed E-state index contributed by atoms with van der Waals surface area (Å²) in [5.41, 5.74) is 2.97. The fourth-order valence-electron chi connectivity index (χ4n) is 4.02. The highest BCUT2D eigenvalue weighted by Crippen LogP contribution is 2.42. The van der Waals surface area contributed by atoms with Crippen LogP contribution in [0.15, 0.2) is 71.8 Å². The second-order valence-corrected chi connectivity index (χ2v) is 9.05. The van der Waals surface area contributed by atoms with Gasteiger partial charge in [0.1, 0.15) is 5.76 Å².